The van der Waals surface area contributed by atoms with Crippen molar-refractivity contribution >= 4 is 28.6 Å². The Balaban J connectivity index is 1.46. The number of oxazole rings is 1. The quantitative estimate of drug-likeness (QED) is 0.559. The number of ether oxygens (including phenoxy) is 2. The predicted molar refractivity (Wildman–Crippen MR) is 107 cm³/mol. The Labute approximate surface area is 172 Å². The van der Waals surface area contributed by atoms with Crippen molar-refractivity contribution in [3.63, 3.8) is 0 Å². The Bertz CT molecular complexity index is 1030. The monoisotopic (exact) mass is 416 g/mol. The maximum absolute atomic E-state index is 11.1. The van der Waals surface area contributed by atoms with E-state index in [2.05, 4.69) is 20.3 Å². The van der Waals surface area contributed by atoms with E-state index in [9.17, 15) is 4.79 Å². The van der Waals surface area contributed by atoms with Crippen molar-refractivity contribution in [1.29, 1.82) is 0 Å². The minimum Gasteiger partial charge on any atom is -0.490 e. The van der Waals surface area contributed by atoms with Gasteiger partial charge >= 0.3 is 0 Å². The van der Waals surface area contributed by atoms with E-state index in [0.29, 0.717) is 53.4 Å². The number of amides is 1. The van der Waals surface area contributed by atoms with Crippen molar-refractivity contribution in [2.24, 2.45) is 5.92 Å². The number of fused-ring (bicyclic) bond motifs is 1. The summed E-state index contributed by atoms with van der Waals surface area (Å²) in [5.74, 6) is 1.80. The average Bonchev–Trinajstić information content (AvgIpc) is 3.41. The highest BCUT2D eigenvalue weighted by Crippen LogP contribution is 2.32. The number of carbonyl (C=O) groups is 1. The molecule has 1 aliphatic rings. The third kappa shape index (κ3) is 4.95. The van der Waals surface area contributed by atoms with Gasteiger partial charge in [-0.15, -0.1) is 0 Å². The van der Waals surface area contributed by atoms with Crippen LogP contribution in [-0.4, -0.2) is 40.1 Å². The molecule has 0 aliphatic heterocycles. The number of rotatable bonds is 8. The van der Waals surface area contributed by atoms with Crippen LogP contribution in [0.4, 0.5) is 0 Å². The second-order valence-corrected chi connectivity index (χ2v) is 7.52. The van der Waals surface area contributed by atoms with Crippen molar-refractivity contribution in [2.75, 3.05) is 13.2 Å². The third-order valence-electron chi connectivity index (χ3n) is 4.39. The van der Waals surface area contributed by atoms with E-state index in [-0.39, 0.29) is 17.1 Å². The number of carbonyl (C=O) groups excluding carboxylic acids is 1. The average molecular weight is 417 g/mol. The van der Waals surface area contributed by atoms with Crippen LogP contribution in [0.2, 0.25) is 5.15 Å². The molecule has 0 saturated heterocycles. The van der Waals surface area contributed by atoms with E-state index < -0.39 is 0 Å². The lowest BCUT2D eigenvalue weighted by Gasteiger charge is -2.12. The van der Waals surface area contributed by atoms with Gasteiger partial charge in [-0.1, -0.05) is 11.6 Å². The van der Waals surface area contributed by atoms with Gasteiger partial charge in [-0.25, -0.2) is 15.0 Å². The van der Waals surface area contributed by atoms with Crippen molar-refractivity contribution < 1.29 is 18.7 Å². The molecule has 29 heavy (non-hydrogen) atoms. The van der Waals surface area contributed by atoms with E-state index >= 15 is 0 Å². The SMILES string of the molecule is CC(=O)N[C@@H](C)COc1cc2oc(-c3ccc(OCC4CC4)c(Cl)n3)nc2cn1. The molecule has 0 unspecified atom stereocenters. The fraction of sp³-hybridized carbons (Fsp3) is 0.400. The lowest BCUT2D eigenvalue weighted by molar-refractivity contribution is -0.119. The van der Waals surface area contributed by atoms with Crippen LogP contribution < -0.4 is 14.8 Å². The largest absolute Gasteiger partial charge is 0.490 e. The summed E-state index contributed by atoms with van der Waals surface area (Å²) in [4.78, 5) is 24.0. The van der Waals surface area contributed by atoms with E-state index in [4.69, 9.17) is 25.5 Å². The standard InChI is InChI=1S/C20H21ClN4O4/c1-11(23-12(2)26)9-28-18-7-17-15(8-22-18)25-20(29-17)14-5-6-16(19(21)24-14)27-10-13-3-4-13/h5-8,11,13H,3-4,9-10H2,1-2H3,(H,23,26)/t11-/m0/s1. The van der Waals surface area contributed by atoms with Gasteiger partial charge in [-0.05, 0) is 37.8 Å². The summed E-state index contributed by atoms with van der Waals surface area (Å²) in [7, 11) is 0. The van der Waals surface area contributed by atoms with Crippen LogP contribution in [0.5, 0.6) is 11.6 Å². The van der Waals surface area contributed by atoms with Gasteiger partial charge in [-0.3, -0.25) is 4.79 Å². The van der Waals surface area contributed by atoms with Gasteiger partial charge in [0.1, 0.15) is 17.8 Å². The molecular weight excluding hydrogens is 396 g/mol. The van der Waals surface area contributed by atoms with Crippen LogP contribution >= 0.6 is 11.6 Å². The second-order valence-electron chi connectivity index (χ2n) is 7.16. The molecule has 1 atom stereocenters. The third-order valence-corrected chi connectivity index (χ3v) is 4.66. The highest BCUT2D eigenvalue weighted by Gasteiger charge is 2.22. The maximum atomic E-state index is 11.1. The Morgan fingerprint density at radius 1 is 1.34 bits per heavy atom. The fourth-order valence-electron chi connectivity index (χ4n) is 2.74. The van der Waals surface area contributed by atoms with Crippen LogP contribution in [0.25, 0.3) is 22.7 Å². The molecule has 3 aromatic heterocycles. The zero-order chi connectivity index (χ0) is 20.4. The molecule has 0 bridgehead atoms. The van der Waals surface area contributed by atoms with Gasteiger partial charge in [0.25, 0.3) is 0 Å². The minimum atomic E-state index is -0.137. The Morgan fingerprint density at radius 3 is 2.90 bits per heavy atom. The molecule has 3 aromatic rings. The van der Waals surface area contributed by atoms with Crippen LogP contribution in [0.1, 0.15) is 26.7 Å². The molecule has 0 radical (unpaired) electrons. The topological polar surface area (TPSA) is 99.4 Å². The van der Waals surface area contributed by atoms with Gasteiger partial charge in [0, 0.05) is 13.0 Å². The number of pyridine rings is 2. The molecule has 1 N–H and O–H groups in total. The number of hydrogen-bond acceptors (Lipinski definition) is 7. The summed E-state index contributed by atoms with van der Waals surface area (Å²) >= 11 is 6.25. The van der Waals surface area contributed by atoms with Gasteiger partial charge in [-0.2, -0.15) is 0 Å². The van der Waals surface area contributed by atoms with E-state index in [1.165, 1.54) is 19.8 Å². The highest BCUT2D eigenvalue weighted by atomic mass is 35.5. The molecule has 8 nitrogen and oxygen atoms in total. The second kappa shape index (κ2) is 8.24. The zero-order valence-corrected chi connectivity index (χ0v) is 16.9. The van der Waals surface area contributed by atoms with Crippen LogP contribution in [0.3, 0.4) is 0 Å². The maximum Gasteiger partial charge on any atom is 0.246 e. The molecule has 3 heterocycles. The lowest BCUT2D eigenvalue weighted by Crippen LogP contribution is -2.35. The molecule has 1 amide bonds. The van der Waals surface area contributed by atoms with Crippen LogP contribution in [0.15, 0.2) is 28.8 Å². The molecule has 1 saturated carbocycles. The number of halogens is 1. The van der Waals surface area contributed by atoms with Crippen molar-refractivity contribution in [3.8, 4) is 23.2 Å². The van der Waals surface area contributed by atoms with E-state index in [0.717, 1.165) is 0 Å². The smallest absolute Gasteiger partial charge is 0.246 e. The molecule has 152 valence electrons. The summed E-state index contributed by atoms with van der Waals surface area (Å²) < 4.78 is 17.1. The Kier molecular flexibility index (Phi) is 5.53. The van der Waals surface area contributed by atoms with Crippen LogP contribution in [0, 0.1) is 5.92 Å². The summed E-state index contributed by atoms with van der Waals surface area (Å²) in [5, 5.41) is 3.02. The first-order valence-electron chi connectivity index (χ1n) is 9.44. The van der Waals surface area contributed by atoms with Crippen molar-refractivity contribution in [3.05, 3.63) is 29.5 Å². The Morgan fingerprint density at radius 2 is 2.17 bits per heavy atom. The molecule has 9 heteroatoms. The molecular formula is C20H21ClN4O4. The molecule has 1 fully saturated rings. The van der Waals surface area contributed by atoms with E-state index in [1.54, 1.807) is 24.4 Å². The molecule has 4 rings (SSSR count). The summed E-state index contributed by atoms with van der Waals surface area (Å²) in [6, 6.07) is 5.06. The normalized spacial score (nSPS) is 14.6. The number of nitrogens with zero attached hydrogens (tertiary/aromatic N) is 3. The predicted octanol–water partition coefficient (Wildman–Crippen LogP) is 3.63. The number of nitrogens with one attached hydrogen (secondary N) is 1. The first-order chi connectivity index (χ1) is 14.0. The molecule has 1 aliphatic carbocycles. The summed E-state index contributed by atoms with van der Waals surface area (Å²) in [6.45, 7) is 4.26. The number of hydrogen-bond donors (Lipinski definition) is 1. The van der Waals surface area contributed by atoms with Crippen molar-refractivity contribution in [1.82, 2.24) is 20.3 Å². The molecule has 0 spiro atoms. The first kappa shape index (κ1) is 19.4. The van der Waals surface area contributed by atoms with Gasteiger partial charge in [0.15, 0.2) is 16.5 Å². The fourth-order valence-corrected chi connectivity index (χ4v) is 2.95. The van der Waals surface area contributed by atoms with Crippen molar-refractivity contribution in [2.45, 2.75) is 32.7 Å². The van der Waals surface area contributed by atoms with E-state index in [1.807, 2.05) is 6.92 Å². The minimum absolute atomic E-state index is 0.112. The first-order valence-corrected chi connectivity index (χ1v) is 9.82. The summed E-state index contributed by atoms with van der Waals surface area (Å²) in [6.07, 6.45) is 3.98. The zero-order valence-electron chi connectivity index (χ0n) is 16.1. The summed E-state index contributed by atoms with van der Waals surface area (Å²) in [5.41, 5.74) is 1.60. The van der Waals surface area contributed by atoms with Gasteiger partial charge < -0.3 is 19.2 Å². The number of aromatic nitrogens is 3. The highest BCUT2D eigenvalue weighted by molar-refractivity contribution is 6.30. The molecule has 0 aromatic carbocycles. The van der Waals surface area contributed by atoms with Gasteiger partial charge in [0.2, 0.25) is 17.7 Å². The Hall–Kier alpha value is -2.87. The van der Waals surface area contributed by atoms with Crippen LogP contribution in [-0.2, 0) is 4.79 Å². The lowest BCUT2D eigenvalue weighted by atomic mass is 10.3. The van der Waals surface area contributed by atoms with Gasteiger partial charge in [0.05, 0.1) is 18.8 Å².